The van der Waals surface area contributed by atoms with Crippen LogP contribution >= 0.6 is 0 Å². The van der Waals surface area contributed by atoms with Crippen LogP contribution in [0.2, 0.25) is 0 Å². The van der Waals surface area contributed by atoms with E-state index in [4.69, 9.17) is 9.15 Å². The lowest BCUT2D eigenvalue weighted by Gasteiger charge is -2.33. The predicted molar refractivity (Wildman–Crippen MR) is 127 cm³/mol. The van der Waals surface area contributed by atoms with E-state index >= 15 is 0 Å². The molecule has 2 N–H and O–H groups in total. The fourth-order valence-corrected chi connectivity index (χ4v) is 4.07. The number of aromatic nitrogens is 1. The number of nitrogens with one attached hydrogen (secondary N) is 2. The van der Waals surface area contributed by atoms with Gasteiger partial charge in [0.2, 0.25) is 11.8 Å². The Morgan fingerprint density at radius 1 is 1.15 bits per heavy atom. The highest BCUT2D eigenvalue weighted by Crippen LogP contribution is 2.27. The molecule has 184 valence electrons. The molecule has 3 rings (SSSR count). The SMILES string of the molecule is COCCCNC(=O)CN1CCN(CC(=O)Nc2c(C#N)c(C)c(C)n2Cc2ccco2)CC1. The van der Waals surface area contributed by atoms with Crippen LogP contribution in [0.4, 0.5) is 5.82 Å². The minimum absolute atomic E-state index is 0.00869. The van der Waals surface area contributed by atoms with Crippen LogP contribution in [0.5, 0.6) is 0 Å². The molecule has 0 saturated carbocycles. The maximum absolute atomic E-state index is 12.9. The van der Waals surface area contributed by atoms with Crippen LogP contribution in [0.25, 0.3) is 0 Å². The molecule has 0 aliphatic carbocycles. The number of nitriles is 1. The molecule has 0 unspecified atom stereocenters. The molecule has 10 nitrogen and oxygen atoms in total. The summed E-state index contributed by atoms with van der Waals surface area (Å²) in [6, 6.07) is 5.91. The second kappa shape index (κ2) is 12.4. The molecule has 0 radical (unpaired) electrons. The van der Waals surface area contributed by atoms with Crippen LogP contribution in [-0.2, 0) is 20.9 Å². The Morgan fingerprint density at radius 3 is 2.41 bits per heavy atom. The molecule has 10 heteroatoms. The van der Waals surface area contributed by atoms with E-state index < -0.39 is 0 Å². The molecule has 3 heterocycles. The topological polar surface area (TPSA) is 116 Å². The lowest BCUT2D eigenvalue weighted by Crippen LogP contribution is -2.51. The quantitative estimate of drug-likeness (QED) is 0.476. The van der Waals surface area contributed by atoms with E-state index in [1.807, 2.05) is 30.5 Å². The Hall–Kier alpha value is -3.13. The molecule has 0 bridgehead atoms. The van der Waals surface area contributed by atoms with Crippen molar-refractivity contribution in [1.82, 2.24) is 19.7 Å². The average Bonchev–Trinajstić information content (AvgIpc) is 3.41. The summed E-state index contributed by atoms with van der Waals surface area (Å²) in [6.07, 6.45) is 2.40. The zero-order valence-electron chi connectivity index (χ0n) is 20.2. The van der Waals surface area contributed by atoms with Gasteiger partial charge in [-0.05, 0) is 38.0 Å². The van der Waals surface area contributed by atoms with Crippen LogP contribution in [0, 0.1) is 25.2 Å². The number of furan rings is 1. The zero-order chi connectivity index (χ0) is 24.5. The summed E-state index contributed by atoms with van der Waals surface area (Å²) in [5, 5.41) is 15.5. The third kappa shape index (κ3) is 6.70. The fraction of sp³-hybridized carbons (Fsp3) is 0.542. The lowest BCUT2D eigenvalue weighted by molar-refractivity contribution is -0.123. The van der Waals surface area contributed by atoms with E-state index in [9.17, 15) is 14.9 Å². The minimum Gasteiger partial charge on any atom is -0.467 e. The highest BCUT2D eigenvalue weighted by atomic mass is 16.5. The van der Waals surface area contributed by atoms with Gasteiger partial charge in [-0.25, -0.2) is 0 Å². The van der Waals surface area contributed by atoms with Gasteiger partial charge in [0.25, 0.3) is 0 Å². The molecule has 1 fully saturated rings. The van der Waals surface area contributed by atoms with Crippen molar-refractivity contribution in [2.45, 2.75) is 26.8 Å². The first kappa shape index (κ1) is 25.5. The largest absolute Gasteiger partial charge is 0.467 e. The first-order chi connectivity index (χ1) is 16.4. The number of amides is 2. The van der Waals surface area contributed by atoms with Crippen molar-refractivity contribution < 1.29 is 18.7 Å². The van der Waals surface area contributed by atoms with Crippen LogP contribution in [0.1, 0.15) is 29.0 Å². The van der Waals surface area contributed by atoms with E-state index in [1.54, 1.807) is 13.4 Å². The van der Waals surface area contributed by atoms with Gasteiger partial charge in [0.1, 0.15) is 17.6 Å². The van der Waals surface area contributed by atoms with Gasteiger partial charge in [0.15, 0.2) is 0 Å². The number of methoxy groups -OCH3 is 1. The molecule has 0 aromatic carbocycles. The summed E-state index contributed by atoms with van der Waals surface area (Å²) in [4.78, 5) is 29.1. The fourth-order valence-electron chi connectivity index (χ4n) is 4.07. The number of carbonyl (C=O) groups is 2. The number of anilines is 1. The van der Waals surface area contributed by atoms with Crippen molar-refractivity contribution in [2.24, 2.45) is 0 Å². The molecule has 1 aliphatic rings. The van der Waals surface area contributed by atoms with Crippen molar-refractivity contribution in [3.63, 3.8) is 0 Å². The summed E-state index contributed by atoms with van der Waals surface area (Å²) >= 11 is 0. The van der Waals surface area contributed by atoms with Gasteiger partial charge in [-0.15, -0.1) is 0 Å². The molecule has 0 atom stereocenters. The van der Waals surface area contributed by atoms with Crippen LogP contribution < -0.4 is 10.6 Å². The smallest absolute Gasteiger partial charge is 0.239 e. The summed E-state index contributed by atoms with van der Waals surface area (Å²) in [7, 11) is 1.64. The summed E-state index contributed by atoms with van der Waals surface area (Å²) in [6.45, 7) is 8.90. The van der Waals surface area contributed by atoms with Crippen molar-refractivity contribution in [2.75, 3.05) is 64.8 Å². The van der Waals surface area contributed by atoms with Gasteiger partial charge >= 0.3 is 0 Å². The van der Waals surface area contributed by atoms with Crippen molar-refractivity contribution in [1.29, 1.82) is 5.26 Å². The zero-order valence-corrected chi connectivity index (χ0v) is 20.2. The lowest BCUT2D eigenvalue weighted by atomic mass is 10.2. The molecule has 2 aromatic rings. The summed E-state index contributed by atoms with van der Waals surface area (Å²) in [5.41, 5.74) is 2.23. The normalized spacial score (nSPS) is 14.6. The molecular formula is C24H34N6O4. The van der Waals surface area contributed by atoms with Gasteiger partial charge in [-0.3, -0.25) is 19.4 Å². The first-order valence-electron chi connectivity index (χ1n) is 11.5. The first-order valence-corrected chi connectivity index (χ1v) is 11.5. The van der Waals surface area contributed by atoms with E-state index in [0.29, 0.717) is 50.7 Å². The average molecular weight is 471 g/mol. The molecule has 0 spiro atoms. The Labute approximate surface area is 200 Å². The predicted octanol–water partition coefficient (Wildman–Crippen LogP) is 1.33. The van der Waals surface area contributed by atoms with Crippen molar-refractivity contribution >= 4 is 17.6 Å². The second-order valence-corrected chi connectivity index (χ2v) is 8.51. The van der Waals surface area contributed by atoms with E-state index in [0.717, 1.165) is 36.5 Å². The third-order valence-corrected chi connectivity index (χ3v) is 6.14. The van der Waals surface area contributed by atoms with Gasteiger partial charge < -0.3 is 24.4 Å². The number of rotatable bonds is 11. The molecule has 2 amide bonds. The van der Waals surface area contributed by atoms with E-state index in [-0.39, 0.29) is 18.4 Å². The Kier molecular flexibility index (Phi) is 9.27. The maximum Gasteiger partial charge on any atom is 0.239 e. The van der Waals surface area contributed by atoms with Crippen LogP contribution in [-0.4, -0.2) is 85.7 Å². The molecular weight excluding hydrogens is 436 g/mol. The Balaban J connectivity index is 1.51. The Morgan fingerprint density at radius 2 is 1.82 bits per heavy atom. The third-order valence-electron chi connectivity index (χ3n) is 6.14. The highest BCUT2D eigenvalue weighted by Gasteiger charge is 2.23. The highest BCUT2D eigenvalue weighted by molar-refractivity contribution is 5.93. The van der Waals surface area contributed by atoms with Crippen LogP contribution in [0.15, 0.2) is 22.8 Å². The van der Waals surface area contributed by atoms with Gasteiger partial charge in [0, 0.05) is 52.1 Å². The Bertz CT molecular complexity index is 1000. The number of ether oxygens (including phenoxy) is 1. The number of hydrogen-bond donors (Lipinski definition) is 2. The summed E-state index contributed by atoms with van der Waals surface area (Å²) in [5.74, 6) is 1.09. The molecule has 1 aliphatic heterocycles. The van der Waals surface area contributed by atoms with E-state index in [1.165, 1.54) is 0 Å². The standard InChI is InChI=1S/C24H34N6O4/c1-18-19(2)30(15-20-6-4-13-34-20)24(21(18)14-25)27-23(32)17-29-10-8-28(9-11-29)16-22(31)26-7-5-12-33-3/h4,6,13H,5,7-12,15-17H2,1-3H3,(H,26,31)(H,27,32). The van der Waals surface area contributed by atoms with Gasteiger partial charge in [-0.2, -0.15) is 5.26 Å². The van der Waals surface area contributed by atoms with Gasteiger partial charge in [-0.1, -0.05) is 0 Å². The minimum atomic E-state index is -0.168. The number of hydrogen-bond acceptors (Lipinski definition) is 7. The maximum atomic E-state index is 12.9. The summed E-state index contributed by atoms with van der Waals surface area (Å²) < 4.78 is 12.4. The number of piperazine rings is 1. The van der Waals surface area contributed by atoms with Crippen molar-refractivity contribution in [3.05, 3.63) is 41.0 Å². The van der Waals surface area contributed by atoms with Gasteiger partial charge in [0.05, 0.1) is 31.5 Å². The van der Waals surface area contributed by atoms with Crippen molar-refractivity contribution in [3.8, 4) is 6.07 Å². The number of carbonyl (C=O) groups excluding carboxylic acids is 2. The van der Waals surface area contributed by atoms with Crippen LogP contribution in [0.3, 0.4) is 0 Å². The van der Waals surface area contributed by atoms with E-state index in [2.05, 4.69) is 26.5 Å². The number of nitrogens with zero attached hydrogens (tertiary/aromatic N) is 4. The second-order valence-electron chi connectivity index (χ2n) is 8.51. The molecule has 2 aromatic heterocycles. The molecule has 1 saturated heterocycles. The monoisotopic (exact) mass is 470 g/mol. The molecule has 34 heavy (non-hydrogen) atoms.